The van der Waals surface area contributed by atoms with E-state index in [9.17, 15) is 23.9 Å². The van der Waals surface area contributed by atoms with E-state index in [0.29, 0.717) is 23.4 Å². The fraction of sp³-hybridized carbons (Fsp3) is 0.545. The second kappa shape index (κ2) is 26.3. The molecule has 19 nitrogen and oxygen atoms in total. The van der Waals surface area contributed by atoms with Gasteiger partial charge in [0.05, 0.1) is 19.0 Å². The van der Waals surface area contributed by atoms with Crippen LogP contribution in [0.3, 0.4) is 0 Å². The second-order valence-electron chi connectivity index (χ2n) is 20.6. The van der Waals surface area contributed by atoms with Crippen molar-refractivity contribution >= 4 is 55.3 Å². The average Bonchev–Trinajstić information content (AvgIpc) is 4.24. The lowest BCUT2D eigenvalue weighted by Crippen LogP contribution is -2.55. The molecule has 5 unspecified atom stereocenters. The van der Waals surface area contributed by atoms with Crippen LogP contribution in [0.2, 0.25) is 0 Å². The lowest BCUT2D eigenvalue weighted by atomic mass is 9.77. The number of carbonyl (C=O) groups excluding carboxylic acids is 2. The van der Waals surface area contributed by atoms with Crippen molar-refractivity contribution in [3.63, 3.8) is 0 Å². The van der Waals surface area contributed by atoms with Gasteiger partial charge in [-0.1, -0.05) is 163 Å². The van der Waals surface area contributed by atoms with Crippen molar-refractivity contribution in [2.24, 2.45) is 11.8 Å². The smallest absolute Gasteiger partial charge is 0.462 e. The molecule has 3 aliphatic heterocycles. The molecule has 3 N–H and O–H groups in total. The number of hydrogen-bond donors (Lipinski definition) is 3. The molecular formula is C55H72FN5O14P2S. The minimum Gasteiger partial charge on any atom is -0.462 e. The summed E-state index contributed by atoms with van der Waals surface area (Å²) in [5.74, 6) is -3.41. The molecule has 23 heteroatoms. The van der Waals surface area contributed by atoms with E-state index >= 15 is 4.39 Å². The van der Waals surface area contributed by atoms with Crippen LogP contribution < -0.4 is 5.32 Å². The maximum absolute atomic E-state index is 15.9. The van der Waals surface area contributed by atoms with Gasteiger partial charge in [-0.2, -0.15) is 0 Å². The van der Waals surface area contributed by atoms with Crippen molar-refractivity contribution in [3.05, 3.63) is 120 Å². The fourth-order valence-corrected chi connectivity index (χ4v) is 13.6. The summed E-state index contributed by atoms with van der Waals surface area (Å²) in [5.41, 5.74) is 2.70. The standard InChI is InChI=1S/C55H72FN5O14P2S/c1-7-8-9-10-11-12-13-14-24-31-44(63)67-32-42(56)46-36(2)37(3)47(69-38(4)62)53(71-46)74-76(64,65)75-77(66,78)68-33-43-48-49(73-54(5,6)72-48)52(70-43)61-35-59-45-50(57-34-58-51(45)61)60-55(39-25-18-15-19-26-39,40-27-20-16-21-28-40)41-29-22-17-23-30-41/h15-23,25-30,34-37,42-43,46-49,52-53H,7-14,24,31-33H2,1-6H3,(H,64,65)(H,66,78)(H,57,58,60)/t36-,37-,42-,43+,46?,47?,48-,49?,52+,53-,77?/m0/s1. The highest BCUT2D eigenvalue weighted by molar-refractivity contribution is 8.08. The van der Waals surface area contributed by atoms with Crippen LogP contribution in [0.25, 0.3) is 11.2 Å². The largest absolute Gasteiger partial charge is 0.481 e. The highest BCUT2D eigenvalue weighted by Crippen LogP contribution is 2.62. The normalized spacial score (nSPS) is 25.9. The minimum atomic E-state index is -5.47. The first-order chi connectivity index (χ1) is 37.3. The van der Waals surface area contributed by atoms with Gasteiger partial charge >= 0.3 is 26.5 Å². The Morgan fingerprint density at radius 1 is 0.833 bits per heavy atom. The van der Waals surface area contributed by atoms with Gasteiger partial charge in [0.15, 0.2) is 41.3 Å². The molecule has 0 radical (unpaired) electrons. The molecule has 8 rings (SSSR count). The van der Waals surface area contributed by atoms with Crippen LogP contribution in [0.15, 0.2) is 104 Å². The number of aromatic nitrogens is 4. The third-order valence-corrected chi connectivity index (χ3v) is 18.0. The zero-order valence-electron chi connectivity index (χ0n) is 44.8. The quantitative estimate of drug-likeness (QED) is 0.0192. The summed E-state index contributed by atoms with van der Waals surface area (Å²) in [6.07, 6.45) is 2.63. The molecule has 3 aromatic carbocycles. The zero-order chi connectivity index (χ0) is 55.7. The average molecular weight is 1140 g/mol. The molecule has 0 aliphatic carbocycles. The SMILES string of the molecule is CCCCCCCCCCCC(=O)OC[C@H](F)C1O[C@@H](OP(=O)(O)OP(O)(=S)OC[C@H]2O[C@@H](n3cnc4c(NC(c5ccccc5)(c5ccccc5)c5ccccc5)ncnc43)C3OC(C)(C)O[C@H]32)C(OC(C)=O)[C@@H](C)[C@@H]1C. The molecule has 3 fully saturated rings. The maximum Gasteiger partial charge on any atom is 0.481 e. The number of fused-ring (bicyclic) bond motifs is 2. The number of benzene rings is 3. The van der Waals surface area contributed by atoms with Crippen LogP contribution in [-0.2, 0) is 73.3 Å². The van der Waals surface area contributed by atoms with Crippen LogP contribution in [0, 0.1) is 11.8 Å². The number of nitrogens with zero attached hydrogens (tertiary/aromatic N) is 4. The summed E-state index contributed by atoms with van der Waals surface area (Å²) in [6.45, 7) is 4.14. The molecule has 0 amide bonds. The van der Waals surface area contributed by atoms with Crippen LogP contribution in [0.1, 0.15) is 129 Å². The summed E-state index contributed by atoms with van der Waals surface area (Å²) in [7, 11) is -5.47. The molecular weight excluding hydrogens is 1070 g/mol. The van der Waals surface area contributed by atoms with Gasteiger partial charge in [-0.25, -0.2) is 28.2 Å². The highest BCUT2D eigenvalue weighted by Gasteiger charge is 2.57. The predicted octanol–water partition coefficient (Wildman–Crippen LogP) is 10.7. The van der Waals surface area contributed by atoms with E-state index < -0.39 is 112 Å². The van der Waals surface area contributed by atoms with Crippen molar-refractivity contribution in [1.29, 1.82) is 0 Å². The lowest BCUT2D eigenvalue weighted by Gasteiger charge is -2.44. The second-order valence-corrected chi connectivity index (χ2v) is 25.0. The summed E-state index contributed by atoms with van der Waals surface area (Å²) in [4.78, 5) is 61.4. The van der Waals surface area contributed by atoms with Gasteiger partial charge in [-0.05, 0) is 54.7 Å². The van der Waals surface area contributed by atoms with E-state index in [4.69, 9.17) is 63.6 Å². The monoisotopic (exact) mass is 1140 g/mol. The number of rotatable bonds is 27. The van der Waals surface area contributed by atoms with Crippen molar-refractivity contribution in [1.82, 2.24) is 19.5 Å². The Balaban J connectivity index is 0.933. The van der Waals surface area contributed by atoms with Crippen molar-refractivity contribution < 1.29 is 70.1 Å². The number of nitrogens with one attached hydrogen (secondary N) is 1. The minimum absolute atomic E-state index is 0.131. The van der Waals surface area contributed by atoms with Gasteiger partial charge in [0.1, 0.15) is 36.8 Å². The van der Waals surface area contributed by atoms with E-state index in [0.717, 1.165) is 49.3 Å². The third-order valence-electron chi connectivity index (χ3n) is 14.5. The Morgan fingerprint density at radius 3 is 2.00 bits per heavy atom. The van der Waals surface area contributed by atoms with E-state index in [1.807, 2.05) is 54.6 Å². The molecule has 0 saturated carbocycles. The predicted molar refractivity (Wildman–Crippen MR) is 291 cm³/mol. The van der Waals surface area contributed by atoms with E-state index in [2.05, 4.69) is 53.6 Å². The van der Waals surface area contributed by atoms with Gasteiger partial charge in [0.25, 0.3) is 0 Å². The van der Waals surface area contributed by atoms with Crippen molar-refractivity contribution in [2.75, 3.05) is 18.5 Å². The molecule has 5 heterocycles. The van der Waals surface area contributed by atoms with Crippen LogP contribution in [-0.4, -0.2) is 103 Å². The number of carbonyl (C=O) groups is 2. The van der Waals surface area contributed by atoms with Crippen LogP contribution in [0.4, 0.5) is 10.2 Å². The van der Waals surface area contributed by atoms with E-state index in [1.54, 1.807) is 38.6 Å². The maximum atomic E-state index is 15.9. The number of ether oxygens (including phenoxy) is 6. The molecule has 2 aromatic heterocycles. The number of halogens is 1. The first-order valence-corrected chi connectivity index (χ1v) is 30.9. The van der Waals surface area contributed by atoms with E-state index in [1.165, 1.54) is 32.0 Å². The number of alkyl halides is 1. The molecule has 0 spiro atoms. The molecule has 3 saturated heterocycles. The van der Waals surface area contributed by atoms with Crippen molar-refractivity contribution in [2.45, 2.75) is 166 Å². The van der Waals surface area contributed by atoms with Gasteiger partial charge in [-0.3, -0.25) is 18.7 Å². The van der Waals surface area contributed by atoms with E-state index in [-0.39, 0.29) is 6.42 Å². The van der Waals surface area contributed by atoms with Gasteiger partial charge in [-0.15, -0.1) is 0 Å². The van der Waals surface area contributed by atoms with Gasteiger partial charge in [0, 0.05) is 19.3 Å². The first kappa shape index (κ1) is 59.5. The highest BCUT2D eigenvalue weighted by atomic mass is 32.5. The number of phosphoric ester groups is 1. The Hall–Kier alpha value is -4.60. The van der Waals surface area contributed by atoms with Gasteiger partial charge < -0.3 is 48.0 Å². The Kier molecular flexibility index (Phi) is 20.1. The van der Waals surface area contributed by atoms with Crippen LogP contribution in [0.5, 0.6) is 0 Å². The van der Waals surface area contributed by atoms with Crippen molar-refractivity contribution in [3.8, 4) is 0 Å². The summed E-state index contributed by atoms with van der Waals surface area (Å²) < 4.78 is 83.4. The Bertz CT molecular complexity index is 2760. The zero-order valence-corrected chi connectivity index (χ0v) is 47.4. The molecule has 78 heavy (non-hydrogen) atoms. The Labute approximate surface area is 460 Å². The number of hydrogen-bond acceptors (Lipinski definition) is 17. The summed E-state index contributed by atoms with van der Waals surface area (Å²) >= 11 is 5.24. The number of anilines is 1. The number of esters is 2. The Morgan fingerprint density at radius 2 is 1.41 bits per heavy atom. The van der Waals surface area contributed by atoms with Gasteiger partial charge in [0.2, 0.25) is 6.29 Å². The molecule has 5 aromatic rings. The third kappa shape index (κ3) is 14.5. The molecule has 12 atom stereocenters. The first-order valence-electron chi connectivity index (χ1n) is 26.8. The summed E-state index contributed by atoms with van der Waals surface area (Å²) in [6, 6.07) is 30.1. The number of unbranched alkanes of at least 4 members (excludes halogenated alkanes) is 8. The molecule has 424 valence electrons. The summed E-state index contributed by atoms with van der Waals surface area (Å²) in [5, 5.41) is 3.77. The lowest BCUT2D eigenvalue weighted by molar-refractivity contribution is -0.262. The number of imidazole rings is 1. The van der Waals surface area contributed by atoms with Crippen LogP contribution >= 0.6 is 14.5 Å². The topological polar surface area (TPSA) is 230 Å². The molecule has 0 bridgehead atoms. The molecule has 3 aliphatic rings. The fourth-order valence-electron chi connectivity index (χ4n) is 10.6. The number of phosphoric acid groups is 1.